The highest BCUT2D eigenvalue weighted by Gasteiger charge is 2.49. The van der Waals surface area contributed by atoms with Gasteiger partial charge in [-0.1, -0.05) is 54.6 Å². The second-order valence-electron chi connectivity index (χ2n) is 8.45. The highest BCUT2D eigenvalue weighted by atomic mass is 16.5. The van der Waals surface area contributed by atoms with E-state index >= 15 is 0 Å². The van der Waals surface area contributed by atoms with Crippen molar-refractivity contribution < 1.29 is 19.1 Å². The Morgan fingerprint density at radius 2 is 1.68 bits per heavy atom. The van der Waals surface area contributed by atoms with Crippen LogP contribution < -0.4 is 15.4 Å². The largest absolute Gasteiger partial charge is 0.497 e. The molecule has 0 aliphatic carbocycles. The van der Waals surface area contributed by atoms with E-state index in [0.717, 1.165) is 32.2 Å². The van der Waals surface area contributed by atoms with Crippen molar-refractivity contribution >= 4 is 45.1 Å². The third-order valence-corrected chi connectivity index (χ3v) is 6.27. The summed E-state index contributed by atoms with van der Waals surface area (Å²) in [4.78, 5) is 39.8. The molecule has 1 atom stereocenters. The van der Waals surface area contributed by atoms with Gasteiger partial charge in [0.25, 0.3) is 5.91 Å². The summed E-state index contributed by atoms with van der Waals surface area (Å²) in [5, 5.41) is 9.33. The molecule has 4 aromatic rings. The van der Waals surface area contributed by atoms with E-state index in [-0.39, 0.29) is 6.54 Å². The third kappa shape index (κ3) is 3.61. The predicted octanol–water partition coefficient (Wildman–Crippen LogP) is 4.41. The average Bonchev–Trinajstić information content (AvgIpc) is 3.07. The molecule has 0 saturated carbocycles. The summed E-state index contributed by atoms with van der Waals surface area (Å²) >= 11 is 0. The van der Waals surface area contributed by atoms with Crippen LogP contribution in [0.1, 0.15) is 12.5 Å². The minimum absolute atomic E-state index is 0.381. The number of nitrogens with one attached hydrogen (secondary N) is 2. The summed E-state index contributed by atoms with van der Waals surface area (Å²) < 4.78 is 5.26. The molecule has 4 aromatic carbocycles. The van der Waals surface area contributed by atoms with Crippen molar-refractivity contribution in [3.8, 4) is 5.75 Å². The van der Waals surface area contributed by atoms with Crippen molar-refractivity contribution in [1.29, 1.82) is 0 Å². The lowest BCUT2D eigenvalue weighted by Crippen LogP contribution is -2.42. The van der Waals surface area contributed by atoms with Crippen LogP contribution in [0.3, 0.4) is 0 Å². The van der Waals surface area contributed by atoms with Gasteiger partial charge in [0.05, 0.1) is 7.11 Å². The van der Waals surface area contributed by atoms with Gasteiger partial charge in [-0.05, 0) is 52.9 Å². The lowest BCUT2D eigenvalue weighted by molar-refractivity contribution is -0.133. The van der Waals surface area contributed by atoms with Crippen molar-refractivity contribution in [1.82, 2.24) is 10.2 Å². The Morgan fingerprint density at radius 1 is 0.941 bits per heavy atom. The molecule has 1 saturated heterocycles. The van der Waals surface area contributed by atoms with E-state index in [2.05, 4.69) is 10.6 Å². The van der Waals surface area contributed by atoms with Crippen LogP contribution in [0, 0.1) is 0 Å². The molecule has 1 heterocycles. The topological polar surface area (TPSA) is 87.7 Å². The van der Waals surface area contributed by atoms with Crippen LogP contribution in [0.4, 0.5) is 10.5 Å². The minimum Gasteiger partial charge on any atom is -0.497 e. The summed E-state index contributed by atoms with van der Waals surface area (Å²) in [5.41, 5.74) is -0.00590. The van der Waals surface area contributed by atoms with Gasteiger partial charge in [-0.2, -0.15) is 0 Å². The summed E-state index contributed by atoms with van der Waals surface area (Å²) in [5.74, 6) is -0.187. The van der Waals surface area contributed by atoms with Crippen molar-refractivity contribution in [2.75, 3.05) is 19.0 Å². The molecule has 34 heavy (non-hydrogen) atoms. The van der Waals surface area contributed by atoms with E-state index in [0.29, 0.717) is 11.3 Å². The van der Waals surface area contributed by atoms with E-state index in [1.807, 2.05) is 66.7 Å². The van der Waals surface area contributed by atoms with Crippen molar-refractivity contribution in [3.63, 3.8) is 0 Å². The number of benzene rings is 4. The Kier molecular flexibility index (Phi) is 5.17. The number of ether oxygens (including phenoxy) is 1. The standard InChI is InChI=1S/C27H23N3O4/c1-27(20-12-10-19-15-21(34-2)13-11-18(19)14-20)25(32)30(26(33)29-27)16-24(31)28-23-9-5-7-17-6-3-4-8-22(17)23/h3-15H,16H2,1-2H3,(H,28,31)(H,29,33)/t27-/m0/s1. The van der Waals surface area contributed by atoms with Crippen LogP contribution in [0.25, 0.3) is 21.5 Å². The lowest BCUT2D eigenvalue weighted by atomic mass is 9.90. The van der Waals surface area contributed by atoms with E-state index in [9.17, 15) is 14.4 Å². The van der Waals surface area contributed by atoms with Gasteiger partial charge in [-0.15, -0.1) is 0 Å². The first-order chi connectivity index (χ1) is 16.4. The number of fused-ring (bicyclic) bond motifs is 2. The van der Waals surface area contributed by atoms with Crippen molar-refractivity contribution in [3.05, 3.63) is 84.4 Å². The zero-order chi connectivity index (χ0) is 23.9. The van der Waals surface area contributed by atoms with Crippen LogP contribution in [0.5, 0.6) is 5.75 Å². The number of nitrogens with zero attached hydrogens (tertiary/aromatic N) is 1. The first-order valence-corrected chi connectivity index (χ1v) is 10.9. The molecule has 7 nitrogen and oxygen atoms in total. The molecule has 0 spiro atoms. The van der Waals surface area contributed by atoms with Crippen LogP contribution >= 0.6 is 0 Å². The number of urea groups is 1. The van der Waals surface area contributed by atoms with E-state index in [1.54, 1.807) is 26.2 Å². The van der Waals surface area contributed by atoms with Gasteiger partial charge in [0.15, 0.2) is 0 Å². The molecule has 4 amide bonds. The number of hydrogen-bond acceptors (Lipinski definition) is 4. The molecule has 1 aliphatic rings. The molecule has 0 unspecified atom stereocenters. The first-order valence-electron chi connectivity index (χ1n) is 10.9. The highest BCUT2D eigenvalue weighted by molar-refractivity contribution is 6.11. The quantitative estimate of drug-likeness (QED) is 0.438. The number of anilines is 1. The van der Waals surface area contributed by atoms with Gasteiger partial charge >= 0.3 is 6.03 Å². The Balaban J connectivity index is 1.37. The van der Waals surface area contributed by atoms with Crippen molar-refractivity contribution in [2.24, 2.45) is 0 Å². The van der Waals surface area contributed by atoms with Crippen LogP contribution in [-0.4, -0.2) is 36.4 Å². The SMILES string of the molecule is COc1ccc2cc([C@]3(C)NC(=O)N(CC(=O)Nc4cccc5ccccc45)C3=O)ccc2c1. The first kappa shape index (κ1) is 21.5. The third-order valence-electron chi connectivity index (χ3n) is 6.27. The molecule has 2 N–H and O–H groups in total. The fraction of sp³-hybridized carbons (Fsp3) is 0.148. The fourth-order valence-corrected chi connectivity index (χ4v) is 4.37. The van der Waals surface area contributed by atoms with Crippen molar-refractivity contribution in [2.45, 2.75) is 12.5 Å². The maximum absolute atomic E-state index is 13.3. The zero-order valence-corrected chi connectivity index (χ0v) is 18.8. The summed E-state index contributed by atoms with van der Waals surface area (Å²) in [7, 11) is 1.61. The average molecular weight is 453 g/mol. The van der Waals surface area contributed by atoms with Gasteiger partial charge in [0.1, 0.15) is 17.8 Å². The maximum atomic E-state index is 13.3. The summed E-state index contributed by atoms with van der Waals surface area (Å²) in [6.07, 6.45) is 0. The van der Waals surface area contributed by atoms with Gasteiger partial charge in [-0.25, -0.2) is 4.79 Å². The molecular formula is C27H23N3O4. The molecule has 170 valence electrons. The monoisotopic (exact) mass is 453 g/mol. The molecule has 5 rings (SSSR count). The smallest absolute Gasteiger partial charge is 0.325 e. The van der Waals surface area contributed by atoms with E-state index in [1.165, 1.54) is 0 Å². The Bertz CT molecular complexity index is 1460. The normalized spacial score (nSPS) is 17.8. The number of methoxy groups -OCH3 is 1. The van der Waals surface area contributed by atoms with Gasteiger partial charge < -0.3 is 15.4 Å². The lowest BCUT2D eigenvalue weighted by Gasteiger charge is -2.22. The number of carbonyl (C=O) groups is 3. The van der Waals surface area contributed by atoms with Gasteiger partial charge in [-0.3, -0.25) is 14.5 Å². The van der Waals surface area contributed by atoms with Gasteiger partial charge in [0, 0.05) is 11.1 Å². The highest BCUT2D eigenvalue weighted by Crippen LogP contribution is 2.32. The molecule has 0 aromatic heterocycles. The Morgan fingerprint density at radius 3 is 2.50 bits per heavy atom. The summed E-state index contributed by atoms with van der Waals surface area (Å²) in [6, 6.07) is 23.9. The van der Waals surface area contributed by atoms with Crippen LogP contribution in [0.15, 0.2) is 78.9 Å². The minimum atomic E-state index is -1.27. The maximum Gasteiger partial charge on any atom is 0.325 e. The number of hydrogen-bond donors (Lipinski definition) is 2. The molecule has 7 heteroatoms. The number of imide groups is 1. The Hall–Kier alpha value is -4.39. The number of carbonyl (C=O) groups excluding carboxylic acids is 3. The van der Waals surface area contributed by atoms with Crippen LogP contribution in [-0.2, 0) is 15.1 Å². The zero-order valence-electron chi connectivity index (χ0n) is 18.8. The Labute approximate surface area is 196 Å². The molecule has 0 bridgehead atoms. The van der Waals surface area contributed by atoms with Crippen LogP contribution in [0.2, 0.25) is 0 Å². The predicted molar refractivity (Wildman–Crippen MR) is 131 cm³/mol. The summed E-state index contributed by atoms with van der Waals surface area (Å²) in [6.45, 7) is 1.27. The molecule has 0 radical (unpaired) electrons. The molecular weight excluding hydrogens is 430 g/mol. The molecule has 1 aliphatic heterocycles. The number of amides is 4. The fourth-order valence-electron chi connectivity index (χ4n) is 4.37. The number of rotatable bonds is 5. The van der Waals surface area contributed by atoms with E-state index < -0.39 is 23.4 Å². The second kappa shape index (κ2) is 8.19. The second-order valence-corrected chi connectivity index (χ2v) is 8.45. The van der Waals surface area contributed by atoms with Gasteiger partial charge in [0.2, 0.25) is 5.91 Å². The van der Waals surface area contributed by atoms with E-state index in [4.69, 9.17) is 4.74 Å². The molecule has 1 fully saturated rings.